The molecule has 0 radical (unpaired) electrons. The number of rotatable bonds is 7. The zero-order valence-electron chi connectivity index (χ0n) is 20.7. The van der Waals surface area contributed by atoms with Crippen molar-refractivity contribution in [3.63, 3.8) is 0 Å². The van der Waals surface area contributed by atoms with E-state index >= 15 is 0 Å². The Kier molecular flexibility index (Phi) is 6.57. The number of nitrogens with one attached hydrogen (secondary N) is 2. The van der Waals surface area contributed by atoms with Crippen molar-refractivity contribution in [3.8, 4) is 16.9 Å². The summed E-state index contributed by atoms with van der Waals surface area (Å²) in [7, 11) is 1.57. The molecule has 2 aromatic heterocycles. The van der Waals surface area contributed by atoms with Gasteiger partial charge in [-0.1, -0.05) is 24.3 Å². The van der Waals surface area contributed by atoms with Crippen LogP contribution in [0.2, 0.25) is 0 Å². The smallest absolute Gasteiger partial charge is 0.200 e. The molecule has 0 aliphatic rings. The van der Waals surface area contributed by atoms with Crippen molar-refractivity contribution in [2.24, 2.45) is 0 Å². The molecule has 9 heteroatoms. The molecule has 3 aromatic carbocycles. The Morgan fingerprint density at radius 2 is 1.84 bits per heavy atom. The average Bonchev–Trinajstić information content (AvgIpc) is 2.93. The topological polar surface area (TPSA) is 127 Å². The molecule has 8 nitrogen and oxygen atoms in total. The molecule has 0 aliphatic carbocycles. The molecule has 1 unspecified atom stereocenters. The van der Waals surface area contributed by atoms with Gasteiger partial charge in [0, 0.05) is 5.56 Å². The van der Waals surface area contributed by atoms with Gasteiger partial charge in [0.25, 0.3) is 0 Å². The van der Waals surface area contributed by atoms with Gasteiger partial charge >= 0.3 is 0 Å². The summed E-state index contributed by atoms with van der Waals surface area (Å²) < 4.78 is 25.6. The predicted molar refractivity (Wildman–Crippen MR) is 145 cm³/mol. The van der Waals surface area contributed by atoms with Gasteiger partial charge in [-0.15, -0.1) is 0 Å². The van der Waals surface area contributed by atoms with Crippen LogP contribution < -0.4 is 21.2 Å². The number of fused-ring (bicyclic) bond motifs is 1. The normalized spacial score (nSPS) is 11.8. The number of hydrogen-bond acceptors (Lipinski definition) is 8. The molecular weight excluding hydrogens is 485 g/mol. The summed E-state index contributed by atoms with van der Waals surface area (Å²) in [6.07, 6.45) is 1.29. The average molecular weight is 510 g/mol. The molecule has 0 bridgehead atoms. The number of ether oxygens (including phenoxy) is 1. The molecule has 4 N–H and O–H groups in total. The summed E-state index contributed by atoms with van der Waals surface area (Å²) in [5.74, 6) is 0.869. The van der Waals surface area contributed by atoms with Crippen LogP contribution in [0, 0.1) is 11.2 Å². The molecule has 2 heterocycles. The fourth-order valence-electron chi connectivity index (χ4n) is 4.31. The third kappa shape index (κ3) is 4.57. The molecule has 0 amide bonds. The SMILES string of the molecule is COc1ccc(C(=N)c2c(N)ncnc2NC(C)c2oc3ccccc3c(=O)c2-c2cccc(F)c2)cc1. The molecule has 38 heavy (non-hydrogen) atoms. The molecule has 0 aliphatic heterocycles. The highest BCUT2D eigenvalue weighted by molar-refractivity contribution is 6.16. The van der Waals surface area contributed by atoms with Gasteiger partial charge in [0.1, 0.15) is 40.9 Å². The number of hydrogen-bond donors (Lipinski definition) is 3. The van der Waals surface area contributed by atoms with Crippen LogP contribution in [0.15, 0.2) is 88.3 Å². The number of aromatic nitrogens is 2. The number of anilines is 2. The molecule has 5 aromatic rings. The van der Waals surface area contributed by atoms with E-state index in [1.165, 1.54) is 18.5 Å². The van der Waals surface area contributed by atoms with E-state index in [1.807, 2.05) is 0 Å². The summed E-state index contributed by atoms with van der Waals surface area (Å²) in [6, 6.07) is 19.1. The van der Waals surface area contributed by atoms with Crippen LogP contribution >= 0.6 is 0 Å². The third-order valence-corrected chi connectivity index (χ3v) is 6.19. The van der Waals surface area contributed by atoms with Crippen molar-refractivity contribution < 1.29 is 13.5 Å². The molecule has 0 saturated carbocycles. The van der Waals surface area contributed by atoms with Crippen molar-refractivity contribution in [2.45, 2.75) is 13.0 Å². The Balaban J connectivity index is 1.61. The van der Waals surface area contributed by atoms with Crippen molar-refractivity contribution in [2.75, 3.05) is 18.2 Å². The fourth-order valence-corrected chi connectivity index (χ4v) is 4.31. The number of nitrogens with zero attached hydrogens (tertiary/aromatic N) is 2. The number of nitrogen functional groups attached to an aromatic ring is 1. The standard InChI is InChI=1S/C29H24FN5O3/c1-16(35-29-24(28(32)33-15-34-29)25(31)17-10-12-20(37-2)13-11-17)27-23(18-6-5-7-19(30)14-18)26(36)21-8-3-4-9-22(21)38-27/h3-16,31H,1-2H3,(H3,32,33,34,35). The first-order valence-electron chi connectivity index (χ1n) is 11.8. The number of methoxy groups -OCH3 is 1. The second-order valence-electron chi connectivity index (χ2n) is 8.63. The van der Waals surface area contributed by atoms with Crippen molar-refractivity contribution in [1.82, 2.24) is 9.97 Å². The summed E-state index contributed by atoms with van der Waals surface area (Å²) >= 11 is 0. The Morgan fingerprint density at radius 3 is 2.58 bits per heavy atom. The second-order valence-corrected chi connectivity index (χ2v) is 8.63. The maximum atomic E-state index is 14.2. The van der Waals surface area contributed by atoms with E-state index in [2.05, 4.69) is 15.3 Å². The molecule has 0 fully saturated rings. The van der Waals surface area contributed by atoms with Gasteiger partial charge in [0.2, 0.25) is 5.43 Å². The van der Waals surface area contributed by atoms with E-state index < -0.39 is 11.9 Å². The largest absolute Gasteiger partial charge is 0.497 e. The Hall–Kier alpha value is -5.05. The summed E-state index contributed by atoms with van der Waals surface area (Å²) in [4.78, 5) is 22.0. The molecule has 5 rings (SSSR count). The maximum Gasteiger partial charge on any atom is 0.200 e. The van der Waals surface area contributed by atoms with Crippen molar-refractivity contribution in [3.05, 3.63) is 112 Å². The first-order chi connectivity index (χ1) is 18.4. The molecule has 0 spiro atoms. The molecule has 1 atom stereocenters. The Morgan fingerprint density at radius 1 is 1.08 bits per heavy atom. The van der Waals surface area contributed by atoms with E-state index in [0.29, 0.717) is 39.2 Å². The van der Waals surface area contributed by atoms with Gasteiger partial charge in [0.15, 0.2) is 0 Å². The Bertz CT molecular complexity index is 1720. The highest BCUT2D eigenvalue weighted by Crippen LogP contribution is 2.32. The quantitative estimate of drug-likeness (QED) is 0.245. The first-order valence-corrected chi connectivity index (χ1v) is 11.8. The number of para-hydroxylation sites is 1. The maximum absolute atomic E-state index is 14.2. The number of benzene rings is 3. The Labute approximate surface area is 217 Å². The van der Waals surface area contributed by atoms with Gasteiger partial charge in [-0.05, 0) is 61.0 Å². The number of nitrogens with two attached hydrogens (primary N) is 1. The lowest BCUT2D eigenvalue weighted by Gasteiger charge is -2.20. The molecule has 190 valence electrons. The summed E-state index contributed by atoms with van der Waals surface area (Å²) in [5.41, 5.74) is 7.91. The third-order valence-electron chi connectivity index (χ3n) is 6.19. The lowest BCUT2D eigenvalue weighted by molar-refractivity contribution is 0.415. The lowest BCUT2D eigenvalue weighted by Crippen LogP contribution is -2.18. The molecular formula is C29H24FN5O3. The van der Waals surface area contributed by atoms with Crippen LogP contribution in [0.3, 0.4) is 0 Å². The van der Waals surface area contributed by atoms with Gasteiger partial charge in [-0.25, -0.2) is 14.4 Å². The van der Waals surface area contributed by atoms with E-state index in [4.69, 9.17) is 20.3 Å². The lowest BCUT2D eigenvalue weighted by atomic mass is 9.98. The van der Waals surface area contributed by atoms with Gasteiger partial charge in [-0.2, -0.15) is 0 Å². The highest BCUT2D eigenvalue weighted by Gasteiger charge is 2.24. The predicted octanol–water partition coefficient (Wildman–Crippen LogP) is 5.57. The van der Waals surface area contributed by atoms with E-state index in [0.717, 1.165) is 0 Å². The van der Waals surface area contributed by atoms with E-state index in [-0.39, 0.29) is 28.3 Å². The second kappa shape index (κ2) is 10.1. The van der Waals surface area contributed by atoms with Gasteiger partial charge in [0.05, 0.1) is 35.4 Å². The van der Waals surface area contributed by atoms with Crippen LogP contribution in [0.4, 0.5) is 16.0 Å². The van der Waals surface area contributed by atoms with Crippen LogP contribution in [0.1, 0.15) is 29.9 Å². The monoisotopic (exact) mass is 509 g/mol. The van der Waals surface area contributed by atoms with Crippen molar-refractivity contribution in [1.29, 1.82) is 5.41 Å². The van der Waals surface area contributed by atoms with Crippen LogP contribution in [-0.2, 0) is 0 Å². The fraction of sp³-hybridized carbons (Fsp3) is 0.103. The van der Waals surface area contributed by atoms with Crippen molar-refractivity contribution >= 4 is 28.3 Å². The van der Waals surface area contributed by atoms with Crippen LogP contribution in [-0.4, -0.2) is 22.8 Å². The van der Waals surface area contributed by atoms with E-state index in [1.54, 1.807) is 74.7 Å². The summed E-state index contributed by atoms with van der Waals surface area (Å²) in [5, 5.41) is 12.4. The minimum absolute atomic E-state index is 0.103. The minimum atomic E-state index is -0.623. The van der Waals surface area contributed by atoms with Crippen LogP contribution in [0.25, 0.3) is 22.1 Å². The first kappa shape index (κ1) is 24.6. The zero-order chi connectivity index (χ0) is 26.8. The van der Waals surface area contributed by atoms with Gasteiger partial charge < -0.3 is 20.2 Å². The van der Waals surface area contributed by atoms with Gasteiger partial charge in [-0.3, -0.25) is 10.2 Å². The minimum Gasteiger partial charge on any atom is -0.497 e. The highest BCUT2D eigenvalue weighted by atomic mass is 19.1. The van der Waals surface area contributed by atoms with Crippen LogP contribution in [0.5, 0.6) is 5.75 Å². The zero-order valence-corrected chi connectivity index (χ0v) is 20.7. The molecule has 0 saturated heterocycles. The number of halogens is 1. The summed E-state index contributed by atoms with van der Waals surface area (Å²) in [6.45, 7) is 1.79. The van der Waals surface area contributed by atoms with E-state index in [9.17, 15) is 9.18 Å².